The molecule has 0 aromatic heterocycles. The topological polar surface area (TPSA) is 49.4 Å². The second kappa shape index (κ2) is 9.02. The summed E-state index contributed by atoms with van der Waals surface area (Å²) >= 11 is 0. The van der Waals surface area contributed by atoms with Gasteiger partial charge in [-0.2, -0.15) is 0 Å². The molecule has 0 saturated heterocycles. The van der Waals surface area contributed by atoms with Crippen molar-refractivity contribution >= 4 is 11.8 Å². The van der Waals surface area contributed by atoms with E-state index >= 15 is 0 Å². The van der Waals surface area contributed by atoms with Gasteiger partial charge in [-0.1, -0.05) is 74.5 Å². The monoisotopic (exact) mass is 338 g/mol. The third-order valence-electron chi connectivity index (χ3n) is 4.13. The van der Waals surface area contributed by atoms with E-state index in [1.807, 2.05) is 74.5 Å². The normalized spacial score (nSPS) is 11.8. The lowest BCUT2D eigenvalue weighted by Crippen LogP contribution is -2.48. The van der Waals surface area contributed by atoms with Crippen molar-refractivity contribution in [2.75, 3.05) is 0 Å². The quantitative estimate of drug-likeness (QED) is 0.841. The Morgan fingerprint density at radius 3 is 1.92 bits per heavy atom. The second-order valence-corrected chi connectivity index (χ2v) is 6.49. The fourth-order valence-corrected chi connectivity index (χ4v) is 2.59. The zero-order chi connectivity index (χ0) is 18.2. The highest BCUT2D eigenvalue weighted by molar-refractivity contribution is 5.88. The van der Waals surface area contributed by atoms with Gasteiger partial charge in [-0.15, -0.1) is 0 Å². The Morgan fingerprint density at radius 2 is 1.40 bits per heavy atom. The Balaban J connectivity index is 2.06. The number of carbonyl (C=O) groups excluding carboxylic acids is 2. The number of benzene rings is 2. The lowest BCUT2D eigenvalue weighted by Gasteiger charge is -2.30. The molecule has 2 aromatic rings. The number of hydrogen-bond acceptors (Lipinski definition) is 2. The van der Waals surface area contributed by atoms with Crippen molar-refractivity contribution in [3.63, 3.8) is 0 Å². The van der Waals surface area contributed by atoms with Crippen LogP contribution in [0.1, 0.15) is 31.9 Å². The minimum absolute atomic E-state index is 0.0220. The molecule has 0 heterocycles. The Hall–Kier alpha value is -2.62. The van der Waals surface area contributed by atoms with Crippen LogP contribution in [0.2, 0.25) is 0 Å². The van der Waals surface area contributed by atoms with Gasteiger partial charge in [0.05, 0.1) is 0 Å². The third-order valence-corrected chi connectivity index (χ3v) is 4.13. The fourth-order valence-electron chi connectivity index (χ4n) is 2.59. The van der Waals surface area contributed by atoms with Gasteiger partial charge in [-0.3, -0.25) is 9.59 Å². The van der Waals surface area contributed by atoms with Crippen LogP contribution in [0.3, 0.4) is 0 Å². The highest BCUT2D eigenvalue weighted by Gasteiger charge is 2.27. The number of amides is 2. The Bertz CT molecular complexity index is 684. The molecule has 1 N–H and O–H groups in total. The summed E-state index contributed by atoms with van der Waals surface area (Å²) in [4.78, 5) is 26.8. The number of nitrogens with zero attached hydrogens (tertiary/aromatic N) is 1. The van der Waals surface area contributed by atoms with Crippen molar-refractivity contribution in [1.82, 2.24) is 10.2 Å². The molecule has 2 aromatic carbocycles. The Kier molecular flexibility index (Phi) is 6.75. The molecule has 0 spiro atoms. The molecule has 2 rings (SSSR count). The lowest BCUT2D eigenvalue weighted by molar-refractivity contribution is -0.143. The average Bonchev–Trinajstić information content (AvgIpc) is 2.64. The van der Waals surface area contributed by atoms with Crippen LogP contribution in [0, 0.1) is 5.92 Å². The van der Waals surface area contributed by atoms with E-state index in [0.29, 0.717) is 13.1 Å². The second-order valence-electron chi connectivity index (χ2n) is 6.49. The van der Waals surface area contributed by atoms with Crippen LogP contribution in [0.4, 0.5) is 0 Å². The van der Waals surface area contributed by atoms with E-state index < -0.39 is 6.04 Å². The van der Waals surface area contributed by atoms with E-state index in [0.717, 1.165) is 11.1 Å². The Morgan fingerprint density at radius 1 is 0.880 bits per heavy atom. The van der Waals surface area contributed by atoms with Crippen molar-refractivity contribution in [2.24, 2.45) is 5.92 Å². The van der Waals surface area contributed by atoms with Crippen LogP contribution in [0.15, 0.2) is 60.7 Å². The molecule has 0 aliphatic carbocycles. The summed E-state index contributed by atoms with van der Waals surface area (Å²) < 4.78 is 0. The van der Waals surface area contributed by atoms with E-state index in [1.165, 1.54) is 0 Å². The van der Waals surface area contributed by atoms with Gasteiger partial charge in [-0.25, -0.2) is 0 Å². The van der Waals surface area contributed by atoms with Crippen molar-refractivity contribution in [1.29, 1.82) is 0 Å². The van der Waals surface area contributed by atoms with Crippen LogP contribution >= 0.6 is 0 Å². The van der Waals surface area contributed by atoms with Gasteiger partial charge in [0, 0.05) is 19.0 Å². The van der Waals surface area contributed by atoms with Gasteiger partial charge in [0.1, 0.15) is 6.04 Å². The summed E-state index contributed by atoms with van der Waals surface area (Å²) in [5, 5.41) is 2.93. The highest BCUT2D eigenvalue weighted by Crippen LogP contribution is 2.13. The SMILES string of the molecule is CC(C)C(=O)N(Cc1ccccc1)[C@H](C)C(=O)NCc1ccccc1. The van der Waals surface area contributed by atoms with Crippen molar-refractivity contribution in [3.05, 3.63) is 71.8 Å². The van der Waals surface area contributed by atoms with E-state index in [4.69, 9.17) is 0 Å². The fraction of sp³-hybridized carbons (Fsp3) is 0.333. The van der Waals surface area contributed by atoms with E-state index in [-0.39, 0.29) is 17.7 Å². The third kappa shape index (κ3) is 5.45. The maximum Gasteiger partial charge on any atom is 0.242 e. The molecule has 1 atom stereocenters. The van der Waals surface area contributed by atoms with Gasteiger partial charge >= 0.3 is 0 Å². The first-order valence-electron chi connectivity index (χ1n) is 8.65. The molecule has 2 amide bonds. The van der Waals surface area contributed by atoms with Gasteiger partial charge in [0.25, 0.3) is 0 Å². The van der Waals surface area contributed by atoms with Crippen molar-refractivity contribution in [3.8, 4) is 0 Å². The van der Waals surface area contributed by atoms with Crippen molar-refractivity contribution in [2.45, 2.75) is 39.9 Å². The molecule has 0 radical (unpaired) electrons. The maximum absolute atomic E-state index is 12.6. The van der Waals surface area contributed by atoms with Gasteiger partial charge in [-0.05, 0) is 18.1 Å². The zero-order valence-corrected chi connectivity index (χ0v) is 15.1. The first kappa shape index (κ1) is 18.7. The molecule has 25 heavy (non-hydrogen) atoms. The van der Waals surface area contributed by atoms with Crippen LogP contribution in [-0.2, 0) is 22.7 Å². The molecule has 4 nitrogen and oxygen atoms in total. The lowest BCUT2D eigenvalue weighted by atomic mass is 10.1. The number of nitrogens with one attached hydrogen (secondary N) is 1. The predicted octanol–water partition coefficient (Wildman–Crippen LogP) is 3.38. The van der Waals surface area contributed by atoms with Crippen LogP contribution in [0.25, 0.3) is 0 Å². The largest absolute Gasteiger partial charge is 0.350 e. The summed E-state index contributed by atoms with van der Waals surface area (Å²) in [6.45, 7) is 6.38. The molecule has 0 fully saturated rings. The first-order valence-corrected chi connectivity index (χ1v) is 8.65. The molecule has 132 valence electrons. The smallest absolute Gasteiger partial charge is 0.242 e. The van der Waals surface area contributed by atoms with Gasteiger partial charge < -0.3 is 10.2 Å². The predicted molar refractivity (Wildman–Crippen MR) is 99.6 cm³/mol. The number of carbonyl (C=O) groups is 2. The first-order chi connectivity index (χ1) is 12.0. The summed E-state index contributed by atoms with van der Waals surface area (Å²) in [5.74, 6) is -0.326. The van der Waals surface area contributed by atoms with E-state index in [2.05, 4.69) is 5.32 Å². The van der Waals surface area contributed by atoms with E-state index in [9.17, 15) is 9.59 Å². The van der Waals surface area contributed by atoms with Gasteiger partial charge in [0.15, 0.2) is 0 Å². The summed E-state index contributed by atoms with van der Waals surface area (Å²) in [6.07, 6.45) is 0. The zero-order valence-electron chi connectivity index (χ0n) is 15.1. The van der Waals surface area contributed by atoms with E-state index in [1.54, 1.807) is 11.8 Å². The minimum atomic E-state index is -0.529. The summed E-state index contributed by atoms with van der Waals surface area (Å²) in [7, 11) is 0. The molecule has 0 bridgehead atoms. The Labute approximate surface area is 149 Å². The molecule has 0 saturated carbocycles. The molecule has 0 aliphatic rings. The molecule has 0 unspecified atom stereocenters. The minimum Gasteiger partial charge on any atom is -0.350 e. The summed E-state index contributed by atoms with van der Waals surface area (Å²) in [5.41, 5.74) is 2.05. The molecular weight excluding hydrogens is 312 g/mol. The summed E-state index contributed by atoms with van der Waals surface area (Å²) in [6, 6.07) is 19.0. The maximum atomic E-state index is 12.6. The number of rotatable bonds is 7. The molecule has 0 aliphatic heterocycles. The van der Waals surface area contributed by atoms with Crippen LogP contribution < -0.4 is 5.32 Å². The van der Waals surface area contributed by atoms with Gasteiger partial charge in [0.2, 0.25) is 11.8 Å². The molecule has 4 heteroatoms. The standard InChI is InChI=1S/C21H26N2O2/c1-16(2)21(25)23(15-19-12-8-5-9-13-19)17(3)20(24)22-14-18-10-6-4-7-11-18/h4-13,16-17H,14-15H2,1-3H3,(H,22,24)/t17-/m1/s1. The highest BCUT2D eigenvalue weighted by atomic mass is 16.2. The van der Waals surface area contributed by atoms with Crippen LogP contribution in [-0.4, -0.2) is 22.8 Å². The van der Waals surface area contributed by atoms with Crippen LogP contribution in [0.5, 0.6) is 0 Å². The van der Waals surface area contributed by atoms with Crippen molar-refractivity contribution < 1.29 is 9.59 Å². The molecular formula is C21H26N2O2. The number of hydrogen-bond donors (Lipinski definition) is 1. The average molecular weight is 338 g/mol.